The molecule has 0 atom stereocenters. The first-order chi connectivity index (χ1) is 10.2. The van der Waals surface area contributed by atoms with Gasteiger partial charge in [-0.2, -0.15) is 0 Å². The Labute approximate surface area is 133 Å². The lowest BCUT2D eigenvalue weighted by Crippen LogP contribution is -2.41. The predicted molar refractivity (Wildman–Crippen MR) is 89.1 cm³/mol. The number of rotatable bonds is 4. The highest BCUT2D eigenvalue weighted by Gasteiger charge is 2.52. The van der Waals surface area contributed by atoms with Gasteiger partial charge >= 0.3 is 7.12 Å². The summed E-state index contributed by atoms with van der Waals surface area (Å²) < 4.78 is 26.2. The molecule has 2 rings (SSSR count). The first kappa shape index (κ1) is 17.2. The minimum absolute atomic E-state index is 0.240. The van der Waals surface area contributed by atoms with E-state index in [1.165, 1.54) is 6.07 Å². The molecule has 0 unspecified atom stereocenters. The van der Waals surface area contributed by atoms with Crippen molar-refractivity contribution in [3.8, 4) is 0 Å². The van der Waals surface area contributed by atoms with Crippen LogP contribution in [0.1, 0.15) is 38.8 Å². The number of halogens is 1. The Kier molecular flexibility index (Phi) is 4.80. The zero-order valence-corrected chi connectivity index (χ0v) is 14.3. The van der Waals surface area contributed by atoms with Crippen molar-refractivity contribution in [3.05, 3.63) is 40.6 Å². The van der Waals surface area contributed by atoms with Crippen molar-refractivity contribution in [3.63, 3.8) is 0 Å². The SMILES string of the molecule is CNCC(=Cc1cc(C)ccc1F)B1OC(C)(C)C(C)(C)O1. The highest BCUT2D eigenvalue weighted by atomic mass is 19.1. The van der Waals surface area contributed by atoms with E-state index in [2.05, 4.69) is 5.32 Å². The quantitative estimate of drug-likeness (QED) is 0.865. The lowest BCUT2D eigenvalue weighted by atomic mass is 9.77. The van der Waals surface area contributed by atoms with Gasteiger partial charge in [-0.05, 0) is 59.3 Å². The maximum atomic E-state index is 14.0. The monoisotopic (exact) mass is 305 g/mol. The van der Waals surface area contributed by atoms with Crippen LogP contribution in [-0.2, 0) is 9.31 Å². The van der Waals surface area contributed by atoms with Crippen molar-refractivity contribution in [1.82, 2.24) is 5.32 Å². The van der Waals surface area contributed by atoms with Gasteiger partial charge in [0, 0.05) is 12.1 Å². The zero-order valence-electron chi connectivity index (χ0n) is 14.3. The van der Waals surface area contributed by atoms with E-state index < -0.39 is 18.3 Å². The number of aryl methyl sites for hydroxylation is 1. The first-order valence-electron chi connectivity index (χ1n) is 7.63. The van der Waals surface area contributed by atoms with Crippen LogP contribution in [0.2, 0.25) is 0 Å². The topological polar surface area (TPSA) is 30.5 Å². The van der Waals surface area contributed by atoms with Crippen LogP contribution in [0.25, 0.3) is 6.08 Å². The van der Waals surface area contributed by atoms with Gasteiger partial charge in [0.2, 0.25) is 0 Å². The van der Waals surface area contributed by atoms with Crippen molar-refractivity contribution in [2.75, 3.05) is 13.6 Å². The maximum absolute atomic E-state index is 14.0. The van der Waals surface area contributed by atoms with Gasteiger partial charge in [-0.3, -0.25) is 0 Å². The summed E-state index contributed by atoms with van der Waals surface area (Å²) in [6.07, 6.45) is 1.82. The number of likely N-dealkylation sites (N-methyl/N-ethyl adjacent to an activating group) is 1. The van der Waals surface area contributed by atoms with Crippen LogP contribution in [0.15, 0.2) is 23.7 Å². The van der Waals surface area contributed by atoms with Crippen molar-refractivity contribution >= 4 is 13.2 Å². The molecule has 0 aliphatic carbocycles. The van der Waals surface area contributed by atoms with Crippen molar-refractivity contribution in [1.29, 1.82) is 0 Å². The third kappa shape index (κ3) is 3.42. The second-order valence-electron chi connectivity index (χ2n) is 6.86. The van der Waals surface area contributed by atoms with E-state index in [4.69, 9.17) is 9.31 Å². The highest BCUT2D eigenvalue weighted by Crippen LogP contribution is 2.38. The molecule has 0 radical (unpaired) electrons. The molecule has 120 valence electrons. The molecule has 0 aromatic heterocycles. The van der Waals surface area contributed by atoms with Gasteiger partial charge in [-0.25, -0.2) is 4.39 Å². The molecule has 1 aromatic rings. The standard InChI is InChI=1S/C17H25BFNO2/c1-12-7-8-15(19)13(9-12)10-14(11-20-6)18-21-16(2,3)17(4,5)22-18/h7-10,20H,11H2,1-6H3. The summed E-state index contributed by atoms with van der Waals surface area (Å²) in [5.74, 6) is -0.240. The molecule has 0 bridgehead atoms. The third-order valence-electron chi connectivity index (χ3n) is 4.43. The minimum Gasteiger partial charge on any atom is -0.400 e. The third-order valence-corrected chi connectivity index (χ3v) is 4.43. The molecule has 1 aliphatic heterocycles. The normalized spacial score (nSPS) is 20.5. The molecule has 1 saturated heterocycles. The summed E-state index contributed by atoms with van der Waals surface area (Å²) in [4.78, 5) is 0. The predicted octanol–water partition coefficient (Wildman–Crippen LogP) is 3.37. The summed E-state index contributed by atoms with van der Waals surface area (Å²) in [5, 5.41) is 3.10. The first-order valence-corrected chi connectivity index (χ1v) is 7.63. The van der Waals surface area contributed by atoms with Gasteiger partial charge in [0.15, 0.2) is 0 Å². The van der Waals surface area contributed by atoms with E-state index in [-0.39, 0.29) is 5.82 Å². The molecule has 0 spiro atoms. The molecule has 1 N–H and O–H groups in total. The Balaban J connectivity index is 2.35. The second kappa shape index (κ2) is 6.15. The molecule has 0 saturated carbocycles. The van der Waals surface area contributed by atoms with Gasteiger partial charge in [0.05, 0.1) is 11.2 Å². The van der Waals surface area contributed by atoms with Gasteiger partial charge < -0.3 is 14.6 Å². The number of hydrogen-bond acceptors (Lipinski definition) is 3. The van der Waals surface area contributed by atoms with Crippen molar-refractivity contribution in [2.24, 2.45) is 0 Å². The Bertz CT molecular complexity index is 568. The second-order valence-corrected chi connectivity index (χ2v) is 6.86. The van der Waals surface area contributed by atoms with Crippen LogP contribution in [-0.4, -0.2) is 31.9 Å². The van der Waals surface area contributed by atoms with Crippen LogP contribution in [0.3, 0.4) is 0 Å². The fourth-order valence-electron chi connectivity index (χ4n) is 2.37. The Morgan fingerprint density at radius 3 is 2.36 bits per heavy atom. The number of hydrogen-bond donors (Lipinski definition) is 1. The van der Waals surface area contributed by atoms with Crippen LogP contribution in [0.4, 0.5) is 4.39 Å². The van der Waals surface area contributed by atoms with E-state index in [0.29, 0.717) is 12.1 Å². The number of benzene rings is 1. The van der Waals surface area contributed by atoms with E-state index >= 15 is 0 Å². The molecule has 1 aliphatic rings. The van der Waals surface area contributed by atoms with Gasteiger partial charge in [0.25, 0.3) is 0 Å². The van der Waals surface area contributed by atoms with E-state index in [1.807, 2.05) is 53.8 Å². The van der Waals surface area contributed by atoms with E-state index in [0.717, 1.165) is 11.0 Å². The van der Waals surface area contributed by atoms with E-state index in [1.54, 1.807) is 6.07 Å². The van der Waals surface area contributed by atoms with Gasteiger partial charge in [-0.1, -0.05) is 17.7 Å². The Hall–Kier alpha value is -1.17. The van der Waals surface area contributed by atoms with E-state index in [9.17, 15) is 4.39 Å². The Morgan fingerprint density at radius 1 is 1.23 bits per heavy atom. The lowest BCUT2D eigenvalue weighted by Gasteiger charge is -2.32. The molecule has 3 nitrogen and oxygen atoms in total. The molecule has 0 amide bonds. The summed E-state index contributed by atoms with van der Waals surface area (Å²) in [6, 6.07) is 5.08. The van der Waals surface area contributed by atoms with Crippen LogP contribution in [0, 0.1) is 12.7 Å². The summed E-state index contributed by atoms with van der Waals surface area (Å²) in [6.45, 7) is 10.6. The summed E-state index contributed by atoms with van der Waals surface area (Å²) in [5.41, 5.74) is 1.64. The Morgan fingerprint density at radius 2 is 1.82 bits per heavy atom. The fraction of sp³-hybridized carbons (Fsp3) is 0.529. The average Bonchev–Trinajstić information content (AvgIpc) is 2.62. The highest BCUT2D eigenvalue weighted by molar-refractivity contribution is 6.55. The molecule has 1 heterocycles. The molecule has 5 heteroatoms. The van der Waals surface area contributed by atoms with Crippen LogP contribution < -0.4 is 5.32 Å². The summed E-state index contributed by atoms with van der Waals surface area (Å²) in [7, 11) is 1.38. The molecule has 1 fully saturated rings. The molecular weight excluding hydrogens is 280 g/mol. The smallest absolute Gasteiger partial charge is 0.400 e. The largest absolute Gasteiger partial charge is 0.491 e. The molecule has 22 heavy (non-hydrogen) atoms. The minimum atomic E-state index is -0.475. The lowest BCUT2D eigenvalue weighted by molar-refractivity contribution is 0.00578. The van der Waals surface area contributed by atoms with Crippen molar-refractivity contribution < 1.29 is 13.7 Å². The van der Waals surface area contributed by atoms with Gasteiger partial charge in [-0.15, -0.1) is 0 Å². The zero-order chi connectivity index (χ0) is 16.5. The average molecular weight is 305 g/mol. The maximum Gasteiger partial charge on any atom is 0.491 e. The van der Waals surface area contributed by atoms with Crippen LogP contribution >= 0.6 is 0 Å². The number of nitrogens with one attached hydrogen (secondary N) is 1. The van der Waals surface area contributed by atoms with Crippen molar-refractivity contribution in [2.45, 2.75) is 45.8 Å². The molecule has 1 aromatic carbocycles. The van der Waals surface area contributed by atoms with Gasteiger partial charge in [0.1, 0.15) is 5.82 Å². The van der Waals surface area contributed by atoms with Crippen LogP contribution in [0.5, 0.6) is 0 Å². The summed E-state index contributed by atoms with van der Waals surface area (Å²) >= 11 is 0. The fourth-order valence-corrected chi connectivity index (χ4v) is 2.37. The molecular formula is C17H25BFNO2.